The maximum absolute atomic E-state index is 12.6. The second-order valence-electron chi connectivity index (χ2n) is 6.96. The van der Waals surface area contributed by atoms with Crippen molar-refractivity contribution in [2.24, 2.45) is 0 Å². The number of anilines is 2. The van der Waals surface area contributed by atoms with Crippen LogP contribution in [0.25, 0.3) is 10.9 Å². The van der Waals surface area contributed by atoms with Gasteiger partial charge in [-0.1, -0.05) is 43.3 Å². The minimum absolute atomic E-state index is 0.121. The van der Waals surface area contributed by atoms with Gasteiger partial charge in [0.05, 0.1) is 17.4 Å². The summed E-state index contributed by atoms with van der Waals surface area (Å²) in [5.41, 5.74) is 5.92. The molecule has 0 aliphatic heterocycles. The van der Waals surface area contributed by atoms with E-state index in [1.807, 2.05) is 42.6 Å². The summed E-state index contributed by atoms with van der Waals surface area (Å²) in [5, 5.41) is 7.56. The highest BCUT2D eigenvalue weighted by molar-refractivity contribution is 5.95. The van der Waals surface area contributed by atoms with Crippen LogP contribution in [0.1, 0.15) is 28.4 Å². The highest BCUT2D eigenvalue weighted by Crippen LogP contribution is 2.21. The van der Waals surface area contributed by atoms with Gasteiger partial charge in [-0.15, -0.1) is 0 Å². The number of pyridine rings is 1. The lowest BCUT2D eigenvalue weighted by Crippen LogP contribution is -2.25. The van der Waals surface area contributed by atoms with Crippen molar-refractivity contribution in [2.45, 2.75) is 19.8 Å². The topological polar surface area (TPSA) is 69.8 Å². The smallest absolute Gasteiger partial charge is 0.252 e. The van der Waals surface area contributed by atoms with Crippen molar-refractivity contribution in [3.05, 3.63) is 89.9 Å². The van der Waals surface area contributed by atoms with Gasteiger partial charge in [-0.3, -0.25) is 9.78 Å². The number of amides is 1. The number of aryl methyl sites for hydroxylation is 1. The highest BCUT2D eigenvalue weighted by atomic mass is 16.1. The number of aromatic amines is 1. The van der Waals surface area contributed by atoms with Gasteiger partial charge in [-0.25, -0.2) is 0 Å². The Hall–Kier alpha value is -3.60. The Balaban J connectivity index is 1.39. The molecule has 0 aliphatic rings. The van der Waals surface area contributed by atoms with E-state index in [1.54, 1.807) is 12.4 Å². The Bertz CT molecular complexity index is 1130. The third-order valence-electron chi connectivity index (χ3n) is 5.03. The molecule has 29 heavy (non-hydrogen) atoms. The number of fused-ring (bicyclic) bond motifs is 1. The summed E-state index contributed by atoms with van der Waals surface area (Å²) in [7, 11) is 0. The van der Waals surface area contributed by atoms with Gasteiger partial charge in [0.15, 0.2) is 0 Å². The molecule has 0 bridgehead atoms. The first-order valence-corrected chi connectivity index (χ1v) is 9.88. The Morgan fingerprint density at radius 2 is 1.86 bits per heavy atom. The molecule has 1 amide bonds. The third kappa shape index (κ3) is 4.29. The number of hydrogen-bond donors (Lipinski definition) is 3. The minimum Gasteiger partial charge on any atom is -0.361 e. The molecule has 2 aromatic heterocycles. The number of carbonyl (C=O) groups is 1. The molecule has 0 radical (unpaired) electrons. The van der Waals surface area contributed by atoms with E-state index < -0.39 is 0 Å². The van der Waals surface area contributed by atoms with Crippen LogP contribution in [0.2, 0.25) is 0 Å². The Morgan fingerprint density at radius 3 is 2.76 bits per heavy atom. The van der Waals surface area contributed by atoms with Gasteiger partial charge >= 0.3 is 0 Å². The molecule has 0 aliphatic carbocycles. The molecule has 5 heteroatoms. The Labute approximate surface area is 170 Å². The molecule has 0 saturated carbocycles. The number of benzene rings is 2. The van der Waals surface area contributed by atoms with E-state index in [-0.39, 0.29) is 5.91 Å². The highest BCUT2D eigenvalue weighted by Gasteiger charge is 2.09. The van der Waals surface area contributed by atoms with Crippen molar-refractivity contribution in [3.8, 4) is 0 Å². The van der Waals surface area contributed by atoms with Gasteiger partial charge in [0.2, 0.25) is 0 Å². The van der Waals surface area contributed by atoms with Gasteiger partial charge in [0, 0.05) is 35.5 Å². The van der Waals surface area contributed by atoms with Gasteiger partial charge in [-0.05, 0) is 42.2 Å². The predicted molar refractivity (Wildman–Crippen MR) is 118 cm³/mol. The number of hydrogen-bond acceptors (Lipinski definition) is 3. The molecule has 4 aromatic rings. The summed E-state index contributed by atoms with van der Waals surface area (Å²) in [5.74, 6) is -0.121. The molecule has 0 atom stereocenters. The van der Waals surface area contributed by atoms with E-state index >= 15 is 0 Å². The van der Waals surface area contributed by atoms with E-state index in [0.29, 0.717) is 12.1 Å². The first-order chi connectivity index (χ1) is 14.2. The van der Waals surface area contributed by atoms with Crippen molar-refractivity contribution < 1.29 is 4.79 Å². The fraction of sp³-hybridized carbons (Fsp3) is 0.167. The predicted octanol–water partition coefficient (Wildman–Crippen LogP) is 4.84. The summed E-state index contributed by atoms with van der Waals surface area (Å²) >= 11 is 0. The lowest BCUT2D eigenvalue weighted by Gasteiger charge is -2.11. The number of H-pyrrole nitrogens is 1. The fourth-order valence-corrected chi connectivity index (χ4v) is 3.49. The quantitative estimate of drug-likeness (QED) is 0.427. The number of nitrogens with zero attached hydrogens (tertiary/aromatic N) is 1. The fourth-order valence-electron chi connectivity index (χ4n) is 3.49. The van der Waals surface area contributed by atoms with Crippen LogP contribution < -0.4 is 10.6 Å². The van der Waals surface area contributed by atoms with Crippen LogP contribution in [0.5, 0.6) is 0 Å². The van der Waals surface area contributed by atoms with Crippen LogP contribution in [0.3, 0.4) is 0 Å². The lowest BCUT2D eigenvalue weighted by molar-refractivity contribution is 0.0954. The normalized spacial score (nSPS) is 10.8. The zero-order valence-corrected chi connectivity index (χ0v) is 16.4. The Kier molecular flexibility index (Phi) is 5.56. The van der Waals surface area contributed by atoms with Gasteiger partial charge in [0.25, 0.3) is 5.91 Å². The molecular weight excluding hydrogens is 360 g/mol. The molecular formula is C24H24N4O. The van der Waals surface area contributed by atoms with Crippen molar-refractivity contribution in [1.29, 1.82) is 0 Å². The van der Waals surface area contributed by atoms with E-state index in [0.717, 1.165) is 29.7 Å². The second kappa shape index (κ2) is 8.61. The number of para-hydroxylation sites is 2. The number of rotatable bonds is 7. The van der Waals surface area contributed by atoms with Gasteiger partial charge < -0.3 is 15.6 Å². The molecule has 5 nitrogen and oxygen atoms in total. The maximum Gasteiger partial charge on any atom is 0.252 e. The summed E-state index contributed by atoms with van der Waals surface area (Å²) in [6, 6.07) is 18.2. The average Bonchev–Trinajstić information content (AvgIpc) is 3.17. The van der Waals surface area contributed by atoms with E-state index in [9.17, 15) is 4.79 Å². The first-order valence-electron chi connectivity index (χ1n) is 9.88. The SMILES string of the molecule is CCc1ccccc1Nc1cncc(C(=O)NCCc2c[nH]c3ccccc23)c1. The average molecular weight is 384 g/mol. The van der Waals surface area contributed by atoms with E-state index in [1.165, 1.54) is 16.5 Å². The van der Waals surface area contributed by atoms with Crippen LogP contribution in [-0.4, -0.2) is 22.4 Å². The molecule has 2 aromatic carbocycles. The lowest BCUT2D eigenvalue weighted by atomic mass is 10.1. The number of aromatic nitrogens is 2. The van der Waals surface area contributed by atoms with E-state index in [2.05, 4.69) is 45.7 Å². The van der Waals surface area contributed by atoms with Crippen LogP contribution in [0, 0.1) is 0 Å². The summed E-state index contributed by atoms with van der Waals surface area (Å²) in [6.07, 6.45) is 7.04. The molecule has 0 saturated heterocycles. The number of nitrogens with one attached hydrogen (secondary N) is 3. The molecule has 0 fully saturated rings. The largest absolute Gasteiger partial charge is 0.361 e. The van der Waals surface area contributed by atoms with Crippen molar-refractivity contribution >= 4 is 28.2 Å². The minimum atomic E-state index is -0.121. The maximum atomic E-state index is 12.6. The van der Waals surface area contributed by atoms with Gasteiger partial charge in [-0.2, -0.15) is 0 Å². The number of carbonyl (C=O) groups excluding carboxylic acids is 1. The standard InChI is InChI=1S/C24H24N4O/c1-2-17-7-3-5-9-22(17)28-20-13-19(14-25-16-20)24(29)26-12-11-18-15-27-23-10-6-4-8-21(18)23/h3-10,13-16,27-28H,2,11-12H2,1H3,(H,26,29). The van der Waals surface area contributed by atoms with Crippen LogP contribution in [-0.2, 0) is 12.8 Å². The third-order valence-corrected chi connectivity index (χ3v) is 5.03. The monoisotopic (exact) mass is 384 g/mol. The molecule has 146 valence electrons. The van der Waals surface area contributed by atoms with E-state index in [4.69, 9.17) is 0 Å². The summed E-state index contributed by atoms with van der Waals surface area (Å²) in [6.45, 7) is 2.69. The van der Waals surface area contributed by atoms with Crippen LogP contribution in [0.15, 0.2) is 73.2 Å². The summed E-state index contributed by atoms with van der Waals surface area (Å²) < 4.78 is 0. The zero-order valence-electron chi connectivity index (χ0n) is 16.4. The van der Waals surface area contributed by atoms with Crippen molar-refractivity contribution in [2.75, 3.05) is 11.9 Å². The van der Waals surface area contributed by atoms with Gasteiger partial charge in [0.1, 0.15) is 0 Å². The van der Waals surface area contributed by atoms with Crippen LogP contribution >= 0.6 is 0 Å². The van der Waals surface area contributed by atoms with Crippen molar-refractivity contribution in [3.63, 3.8) is 0 Å². The Morgan fingerprint density at radius 1 is 1.03 bits per heavy atom. The van der Waals surface area contributed by atoms with Crippen LogP contribution in [0.4, 0.5) is 11.4 Å². The second-order valence-corrected chi connectivity index (χ2v) is 6.96. The summed E-state index contributed by atoms with van der Waals surface area (Å²) in [4.78, 5) is 20.1. The van der Waals surface area contributed by atoms with Crippen molar-refractivity contribution in [1.82, 2.24) is 15.3 Å². The first kappa shape index (κ1) is 18.7. The molecule has 2 heterocycles. The molecule has 0 unspecified atom stereocenters. The molecule has 3 N–H and O–H groups in total. The molecule has 0 spiro atoms. The molecule has 4 rings (SSSR count). The zero-order chi connectivity index (χ0) is 20.1.